The lowest BCUT2D eigenvalue weighted by atomic mass is 10.2. The van der Waals surface area contributed by atoms with Gasteiger partial charge in [0.15, 0.2) is 0 Å². The molecule has 7 heteroatoms. The monoisotopic (exact) mass is 198 g/mol. The van der Waals surface area contributed by atoms with Crippen molar-refractivity contribution in [1.29, 1.82) is 0 Å². The van der Waals surface area contributed by atoms with Crippen LogP contribution >= 0.6 is 0 Å². The number of ether oxygens (including phenoxy) is 1. The largest absolute Gasteiger partial charge is 0.478 e. The normalized spacial score (nSPS) is 9.50. The average molecular weight is 198 g/mol. The number of nitro groups is 1. The number of rotatable bonds is 3. The molecule has 0 spiro atoms. The Labute approximate surface area is 78.1 Å². The molecule has 1 aromatic heterocycles. The maximum Gasteiger partial charge on any atom is 0.337 e. The summed E-state index contributed by atoms with van der Waals surface area (Å²) in [5.74, 6) is -1.48. The fourth-order valence-corrected chi connectivity index (χ4v) is 0.846. The van der Waals surface area contributed by atoms with Gasteiger partial charge < -0.3 is 9.84 Å². The minimum atomic E-state index is -1.27. The molecule has 0 aromatic carbocycles. The van der Waals surface area contributed by atoms with Crippen molar-refractivity contribution in [2.24, 2.45) is 0 Å². The third-order valence-corrected chi connectivity index (χ3v) is 1.47. The lowest BCUT2D eigenvalue weighted by Crippen LogP contribution is -2.02. The number of aromatic nitrogens is 1. The zero-order valence-corrected chi connectivity index (χ0v) is 7.13. The first kappa shape index (κ1) is 9.90. The number of nitrogens with zero attached hydrogens (tertiary/aromatic N) is 2. The molecule has 0 aliphatic heterocycles. The molecular weight excluding hydrogens is 192 g/mol. The lowest BCUT2D eigenvalue weighted by Gasteiger charge is -2.00. The van der Waals surface area contributed by atoms with Crippen LogP contribution in [0.5, 0.6) is 5.88 Å². The number of carboxylic acid groups (broad SMARTS) is 1. The summed E-state index contributed by atoms with van der Waals surface area (Å²) in [5, 5.41) is 19.0. The Morgan fingerprint density at radius 2 is 2.36 bits per heavy atom. The van der Waals surface area contributed by atoms with Gasteiger partial charge in [-0.15, -0.1) is 0 Å². The molecule has 0 fully saturated rings. The summed E-state index contributed by atoms with van der Waals surface area (Å²) in [4.78, 5) is 23.7. The molecular formula is C7H6N2O5. The molecule has 0 amide bonds. The van der Waals surface area contributed by atoms with E-state index in [1.54, 1.807) is 0 Å². The molecule has 1 N–H and O–H groups in total. The highest BCUT2D eigenvalue weighted by Crippen LogP contribution is 2.24. The Kier molecular flexibility index (Phi) is 2.61. The van der Waals surface area contributed by atoms with Gasteiger partial charge in [0.05, 0.1) is 17.6 Å². The smallest absolute Gasteiger partial charge is 0.337 e. The van der Waals surface area contributed by atoms with E-state index in [2.05, 4.69) is 9.72 Å². The van der Waals surface area contributed by atoms with Gasteiger partial charge in [0.25, 0.3) is 5.88 Å². The van der Waals surface area contributed by atoms with Gasteiger partial charge >= 0.3 is 11.7 Å². The second-order valence-corrected chi connectivity index (χ2v) is 2.31. The highest BCUT2D eigenvalue weighted by Gasteiger charge is 2.19. The maximum absolute atomic E-state index is 10.5. The van der Waals surface area contributed by atoms with Crippen LogP contribution in [-0.2, 0) is 0 Å². The summed E-state index contributed by atoms with van der Waals surface area (Å²) in [6, 6.07) is 0.897. The maximum atomic E-state index is 10.5. The van der Waals surface area contributed by atoms with Gasteiger partial charge in [0.1, 0.15) is 0 Å². The zero-order chi connectivity index (χ0) is 10.7. The van der Waals surface area contributed by atoms with E-state index in [1.165, 1.54) is 7.11 Å². The molecule has 0 aliphatic rings. The summed E-state index contributed by atoms with van der Waals surface area (Å²) >= 11 is 0. The van der Waals surface area contributed by atoms with Crippen LogP contribution < -0.4 is 4.74 Å². The predicted molar refractivity (Wildman–Crippen MR) is 44.4 cm³/mol. The fourth-order valence-electron chi connectivity index (χ4n) is 0.846. The average Bonchev–Trinajstić information content (AvgIpc) is 2.16. The minimum Gasteiger partial charge on any atom is -0.478 e. The highest BCUT2D eigenvalue weighted by atomic mass is 16.6. The molecule has 7 nitrogen and oxygen atoms in total. The molecule has 0 saturated heterocycles. The molecule has 1 rings (SSSR count). The van der Waals surface area contributed by atoms with E-state index in [9.17, 15) is 14.9 Å². The molecule has 74 valence electrons. The van der Waals surface area contributed by atoms with Crippen LogP contribution in [0, 0.1) is 10.1 Å². The van der Waals surface area contributed by atoms with E-state index in [4.69, 9.17) is 5.11 Å². The van der Waals surface area contributed by atoms with Crippen molar-refractivity contribution in [3.05, 3.63) is 27.9 Å². The van der Waals surface area contributed by atoms with E-state index in [-0.39, 0.29) is 11.4 Å². The predicted octanol–water partition coefficient (Wildman–Crippen LogP) is 0.697. The van der Waals surface area contributed by atoms with Crippen LogP contribution in [0.2, 0.25) is 0 Å². The van der Waals surface area contributed by atoms with E-state index in [1.807, 2.05) is 0 Å². The molecule has 1 aromatic rings. The van der Waals surface area contributed by atoms with Crippen LogP contribution in [0.15, 0.2) is 12.3 Å². The quantitative estimate of drug-likeness (QED) is 0.566. The van der Waals surface area contributed by atoms with Crippen molar-refractivity contribution in [3.63, 3.8) is 0 Å². The molecule has 1 heterocycles. The van der Waals surface area contributed by atoms with Crippen LogP contribution in [0.25, 0.3) is 0 Å². The Bertz CT molecular complexity index is 390. The first-order valence-electron chi connectivity index (χ1n) is 3.48. The van der Waals surface area contributed by atoms with Gasteiger partial charge in [-0.25, -0.2) is 9.78 Å². The summed E-state index contributed by atoms with van der Waals surface area (Å²) in [6.07, 6.45) is 0.994. The van der Waals surface area contributed by atoms with Gasteiger partial charge in [-0.1, -0.05) is 0 Å². The van der Waals surface area contributed by atoms with Gasteiger partial charge in [-0.2, -0.15) is 0 Å². The summed E-state index contributed by atoms with van der Waals surface area (Å²) in [7, 11) is 1.22. The molecule has 0 atom stereocenters. The topological polar surface area (TPSA) is 103 Å². The molecule has 0 unspecified atom stereocenters. The van der Waals surface area contributed by atoms with Crippen molar-refractivity contribution in [2.45, 2.75) is 0 Å². The number of hydrogen-bond acceptors (Lipinski definition) is 5. The van der Waals surface area contributed by atoms with Crippen LogP contribution in [0.3, 0.4) is 0 Å². The van der Waals surface area contributed by atoms with Crippen LogP contribution in [0.1, 0.15) is 10.4 Å². The second kappa shape index (κ2) is 3.69. The molecule has 0 bridgehead atoms. The Hall–Kier alpha value is -2.18. The Morgan fingerprint density at radius 1 is 1.71 bits per heavy atom. The van der Waals surface area contributed by atoms with Crippen molar-refractivity contribution in [2.75, 3.05) is 7.11 Å². The number of methoxy groups -OCH3 is 1. The fraction of sp³-hybridized carbons (Fsp3) is 0.143. The minimum absolute atomic E-state index is 0.208. The lowest BCUT2D eigenvalue weighted by molar-refractivity contribution is -0.386. The first-order valence-corrected chi connectivity index (χ1v) is 3.48. The van der Waals surface area contributed by atoms with E-state index >= 15 is 0 Å². The molecule has 0 radical (unpaired) electrons. The van der Waals surface area contributed by atoms with Gasteiger partial charge in [-0.3, -0.25) is 10.1 Å². The number of pyridine rings is 1. The van der Waals surface area contributed by atoms with Crippen LogP contribution in [-0.4, -0.2) is 28.1 Å². The number of aromatic carboxylic acids is 1. The van der Waals surface area contributed by atoms with Gasteiger partial charge in [0.2, 0.25) is 0 Å². The van der Waals surface area contributed by atoms with E-state index in [0.717, 1.165) is 12.3 Å². The standard InChI is InChI=1S/C7H6N2O5/c1-14-6-5(9(12)13)2-4(3-8-6)7(10)11/h2-3H,1H3,(H,10,11). The van der Waals surface area contributed by atoms with E-state index < -0.39 is 16.6 Å². The molecule has 0 saturated carbocycles. The summed E-state index contributed by atoms with van der Waals surface area (Å²) < 4.78 is 4.60. The third-order valence-electron chi connectivity index (χ3n) is 1.47. The summed E-state index contributed by atoms with van der Waals surface area (Å²) in [6.45, 7) is 0. The van der Waals surface area contributed by atoms with Crippen molar-refractivity contribution in [1.82, 2.24) is 4.98 Å². The molecule has 0 aliphatic carbocycles. The number of carboxylic acids is 1. The highest BCUT2D eigenvalue weighted by molar-refractivity contribution is 5.88. The second-order valence-electron chi connectivity index (χ2n) is 2.31. The first-order chi connectivity index (χ1) is 6.56. The Balaban J connectivity index is 3.27. The summed E-state index contributed by atoms with van der Waals surface area (Å²) in [5.41, 5.74) is -0.718. The number of carbonyl (C=O) groups is 1. The molecule has 14 heavy (non-hydrogen) atoms. The van der Waals surface area contributed by atoms with Crippen molar-refractivity contribution >= 4 is 11.7 Å². The van der Waals surface area contributed by atoms with Gasteiger partial charge in [0, 0.05) is 12.3 Å². The number of hydrogen-bond donors (Lipinski definition) is 1. The third kappa shape index (κ3) is 1.76. The van der Waals surface area contributed by atoms with E-state index in [0.29, 0.717) is 0 Å². The zero-order valence-electron chi connectivity index (χ0n) is 7.13. The van der Waals surface area contributed by atoms with Crippen molar-refractivity contribution < 1.29 is 19.6 Å². The van der Waals surface area contributed by atoms with Crippen molar-refractivity contribution in [3.8, 4) is 5.88 Å². The Morgan fingerprint density at radius 3 is 2.79 bits per heavy atom. The van der Waals surface area contributed by atoms with Gasteiger partial charge in [-0.05, 0) is 0 Å². The SMILES string of the molecule is COc1ncc(C(=O)O)cc1[N+](=O)[O-]. The van der Waals surface area contributed by atoms with Crippen LogP contribution in [0.4, 0.5) is 5.69 Å².